The Balaban J connectivity index is 2.52. The predicted octanol–water partition coefficient (Wildman–Crippen LogP) is 2.07. The minimum absolute atomic E-state index is 0.360. The first-order valence-electron chi connectivity index (χ1n) is 4.48. The van der Waals surface area contributed by atoms with Crippen molar-refractivity contribution in [1.29, 1.82) is 0 Å². The minimum Gasteiger partial charge on any atom is -0.306 e. The van der Waals surface area contributed by atoms with Crippen LogP contribution >= 0.6 is 0 Å². The maximum Gasteiger partial charge on any atom is 0.343 e. The number of urea groups is 1. The van der Waals surface area contributed by atoms with Gasteiger partial charge in [0.1, 0.15) is 0 Å². The van der Waals surface area contributed by atoms with Crippen molar-refractivity contribution >= 4 is 11.7 Å². The van der Waals surface area contributed by atoms with Gasteiger partial charge in [-0.2, -0.15) is 0 Å². The number of hydrogen-bond acceptors (Lipinski definition) is 2. The van der Waals surface area contributed by atoms with Crippen molar-refractivity contribution in [3.8, 4) is 0 Å². The molecule has 1 rings (SSSR count). The quantitative estimate of drug-likeness (QED) is 0.724. The highest BCUT2D eigenvalue weighted by atomic mass is 16.7. The first-order valence-corrected chi connectivity index (χ1v) is 4.48. The molecule has 0 atom stereocenters. The van der Waals surface area contributed by atoms with Crippen molar-refractivity contribution in [2.45, 2.75) is 13.8 Å². The summed E-state index contributed by atoms with van der Waals surface area (Å²) in [4.78, 5) is 15.9. The zero-order valence-corrected chi connectivity index (χ0v) is 8.33. The Morgan fingerprint density at radius 2 is 2.14 bits per heavy atom. The van der Waals surface area contributed by atoms with Crippen molar-refractivity contribution in [2.24, 2.45) is 0 Å². The zero-order valence-electron chi connectivity index (χ0n) is 8.33. The van der Waals surface area contributed by atoms with Crippen molar-refractivity contribution < 1.29 is 9.63 Å². The second-order valence-corrected chi connectivity index (χ2v) is 2.80. The second kappa shape index (κ2) is 5.24. The highest BCUT2D eigenvalue weighted by Gasteiger charge is 2.01. The maximum absolute atomic E-state index is 11.2. The second-order valence-electron chi connectivity index (χ2n) is 2.80. The number of benzene rings is 1. The summed E-state index contributed by atoms with van der Waals surface area (Å²) in [5.41, 5.74) is 4.05. The molecule has 0 aliphatic carbocycles. The molecule has 0 spiro atoms. The molecule has 0 saturated heterocycles. The monoisotopic (exact) mass is 194 g/mol. The van der Waals surface area contributed by atoms with Gasteiger partial charge in [0.2, 0.25) is 0 Å². The molecule has 0 saturated carbocycles. The van der Waals surface area contributed by atoms with Crippen molar-refractivity contribution in [3.63, 3.8) is 0 Å². The molecule has 4 heteroatoms. The summed E-state index contributed by atoms with van der Waals surface area (Å²) in [6.07, 6.45) is 0. The fourth-order valence-corrected chi connectivity index (χ4v) is 0.999. The van der Waals surface area contributed by atoms with E-state index in [2.05, 4.69) is 10.8 Å². The Labute approximate surface area is 83.2 Å². The Kier molecular flexibility index (Phi) is 3.94. The van der Waals surface area contributed by atoms with Crippen molar-refractivity contribution in [1.82, 2.24) is 5.48 Å². The number of amides is 2. The van der Waals surface area contributed by atoms with Crippen LogP contribution in [0.25, 0.3) is 0 Å². The van der Waals surface area contributed by atoms with Gasteiger partial charge < -0.3 is 5.32 Å². The molecule has 1 aromatic rings. The molecule has 0 bridgehead atoms. The molecular formula is C10H14N2O2. The number of rotatable bonds is 3. The van der Waals surface area contributed by atoms with E-state index in [9.17, 15) is 4.79 Å². The number of nitrogens with one attached hydrogen (secondary N) is 2. The van der Waals surface area contributed by atoms with Crippen LogP contribution in [-0.4, -0.2) is 12.6 Å². The number of anilines is 1. The van der Waals surface area contributed by atoms with Gasteiger partial charge in [0.25, 0.3) is 0 Å². The summed E-state index contributed by atoms with van der Waals surface area (Å²) in [6.45, 7) is 4.17. The van der Waals surface area contributed by atoms with Gasteiger partial charge in [0.15, 0.2) is 0 Å². The van der Waals surface area contributed by atoms with Crippen LogP contribution in [0.15, 0.2) is 24.3 Å². The van der Waals surface area contributed by atoms with Crippen LogP contribution < -0.4 is 10.8 Å². The molecule has 0 aliphatic rings. The third kappa shape index (κ3) is 3.06. The highest BCUT2D eigenvalue weighted by Crippen LogP contribution is 2.12. The van der Waals surface area contributed by atoms with E-state index >= 15 is 0 Å². The van der Waals surface area contributed by atoms with Gasteiger partial charge in [-0.25, -0.2) is 10.3 Å². The molecule has 0 radical (unpaired) electrons. The number of para-hydroxylation sites is 1. The van der Waals surface area contributed by atoms with E-state index in [1.807, 2.05) is 31.2 Å². The van der Waals surface area contributed by atoms with Gasteiger partial charge in [0, 0.05) is 5.69 Å². The molecule has 2 N–H and O–H groups in total. The fraction of sp³-hybridized carbons (Fsp3) is 0.300. The summed E-state index contributed by atoms with van der Waals surface area (Å²) < 4.78 is 0. The molecule has 0 aromatic heterocycles. The third-order valence-corrected chi connectivity index (χ3v) is 1.70. The Hall–Kier alpha value is -1.55. The predicted molar refractivity (Wildman–Crippen MR) is 55.0 cm³/mol. The summed E-state index contributed by atoms with van der Waals surface area (Å²) in [5.74, 6) is 0. The molecule has 14 heavy (non-hydrogen) atoms. The van der Waals surface area contributed by atoms with E-state index in [4.69, 9.17) is 4.84 Å². The van der Waals surface area contributed by atoms with E-state index in [0.29, 0.717) is 6.61 Å². The SMILES string of the molecule is CCONC(=O)Nc1ccccc1C. The Morgan fingerprint density at radius 3 is 2.79 bits per heavy atom. The lowest BCUT2D eigenvalue weighted by Crippen LogP contribution is -2.29. The van der Waals surface area contributed by atoms with Gasteiger partial charge in [0.05, 0.1) is 6.61 Å². The van der Waals surface area contributed by atoms with Gasteiger partial charge in [-0.15, -0.1) is 0 Å². The van der Waals surface area contributed by atoms with Crippen LogP contribution in [0.5, 0.6) is 0 Å². The van der Waals surface area contributed by atoms with E-state index in [0.717, 1.165) is 11.3 Å². The van der Waals surface area contributed by atoms with E-state index < -0.39 is 0 Å². The largest absolute Gasteiger partial charge is 0.343 e. The Morgan fingerprint density at radius 1 is 1.43 bits per heavy atom. The lowest BCUT2D eigenvalue weighted by atomic mass is 10.2. The molecule has 2 amide bonds. The number of hydrogen-bond donors (Lipinski definition) is 2. The molecule has 0 unspecified atom stereocenters. The number of aryl methyl sites for hydroxylation is 1. The van der Waals surface area contributed by atoms with Gasteiger partial charge in [-0.1, -0.05) is 18.2 Å². The summed E-state index contributed by atoms with van der Waals surface area (Å²) in [6, 6.07) is 7.18. The van der Waals surface area contributed by atoms with Crippen LogP contribution in [0.4, 0.5) is 10.5 Å². The average Bonchev–Trinajstić information content (AvgIpc) is 2.18. The molecule has 0 heterocycles. The van der Waals surface area contributed by atoms with Crippen LogP contribution in [-0.2, 0) is 4.84 Å². The number of carbonyl (C=O) groups excluding carboxylic acids is 1. The van der Waals surface area contributed by atoms with Gasteiger partial charge >= 0.3 is 6.03 Å². The third-order valence-electron chi connectivity index (χ3n) is 1.70. The molecule has 1 aromatic carbocycles. The number of hydroxylamine groups is 1. The van der Waals surface area contributed by atoms with E-state index in [1.165, 1.54) is 0 Å². The molecular weight excluding hydrogens is 180 g/mol. The normalized spacial score (nSPS) is 9.57. The standard InChI is InChI=1S/C10H14N2O2/c1-3-14-12-10(13)11-9-7-5-4-6-8(9)2/h4-7H,3H2,1-2H3,(H2,11,12,13). The van der Waals surface area contributed by atoms with Gasteiger partial charge in [-0.3, -0.25) is 4.84 Å². The van der Waals surface area contributed by atoms with Crippen LogP contribution in [0.3, 0.4) is 0 Å². The molecule has 76 valence electrons. The maximum atomic E-state index is 11.2. The summed E-state index contributed by atoms with van der Waals surface area (Å²) in [7, 11) is 0. The zero-order chi connectivity index (χ0) is 10.4. The Bertz CT molecular complexity index is 313. The highest BCUT2D eigenvalue weighted by molar-refractivity contribution is 5.89. The van der Waals surface area contributed by atoms with Crippen LogP contribution in [0.1, 0.15) is 12.5 Å². The molecule has 0 aliphatic heterocycles. The smallest absolute Gasteiger partial charge is 0.306 e. The van der Waals surface area contributed by atoms with E-state index in [1.54, 1.807) is 6.92 Å². The lowest BCUT2D eigenvalue weighted by molar-refractivity contribution is 0.0758. The lowest BCUT2D eigenvalue weighted by Gasteiger charge is -2.08. The molecule has 4 nitrogen and oxygen atoms in total. The topological polar surface area (TPSA) is 50.4 Å². The fourth-order valence-electron chi connectivity index (χ4n) is 0.999. The first-order chi connectivity index (χ1) is 6.74. The minimum atomic E-state index is -0.360. The summed E-state index contributed by atoms with van der Waals surface area (Å²) >= 11 is 0. The summed E-state index contributed by atoms with van der Waals surface area (Å²) in [5, 5.41) is 2.67. The first kappa shape index (κ1) is 10.5. The van der Waals surface area contributed by atoms with E-state index in [-0.39, 0.29) is 6.03 Å². The van der Waals surface area contributed by atoms with Crippen molar-refractivity contribution in [2.75, 3.05) is 11.9 Å². The van der Waals surface area contributed by atoms with Crippen molar-refractivity contribution in [3.05, 3.63) is 29.8 Å². The van der Waals surface area contributed by atoms with Crippen LogP contribution in [0.2, 0.25) is 0 Å². The van der Waals surface area contributed by atoms with Crippen LogP contribution in [0, 0.1) is 6.92 Å². The van der Waals surface area contributed by atoms with Gasteiger partial charge in [-0.05, 0) is 25.5 Å². The average molecular weight is 194 g/mol. The molecule has 0 fully saturated rings. The number of carbonyl (C=O) groups is 1.